The lowest BCUT2D eigenvalue weighted by Crippen LogP contribution is -2.24. The zero-order valence-corrected chi connectivity index (χ0v) is 14.4. The molecule has 2 rings (SSSR count). The van der Waals surface area contributed by atoms with Gasteiger partial charge in [-0.2, -0.15) is 0 Å². The number of para-hydroxylation sites is 1. The van der Waals surface area contributed by atoms with Gasteiger partial charge in [-0.05, 0) is 44.4 Å². The summed E-state index contributed by atoms with van der Waals surface area (Å²) >= 11 is 1.68. The molecule has 0 heterocycles. The molecule has 22 heavy (non-hydrogen) atoms. The first kappa shape index (κ1) is 16.6. The van der Waals surface area contributed by atoms with Crippen LogP contribution in [0.25, 0.3) is 0 Å². The lowest BCUT2D eigenvalue weighted by molar-refractivity contribution is -0.115. The van der Waals surface area contributed by atoms with E-state index in [-0.39, 0.29) is 11.2 Å². The first-order chi connectivity index (χ1) is 10.5. The molecule has 0 aliphatic heterocycles. The molecular formula is C19H23NOS. The molecule has 0 fully saturated rings. The normalized spacial score (nSPS) is 13.5. The van der Waals surface area contributed by atoms with Gasteiger partial charge in [0.05, 0.1) is 5.25 Å². The van der Waals surface area contributed by atoms with E-state index in [0.717, 1.165) is 16.8 Å². The van der Waals surface area contributed by atoms with E-state index in [1.54, 1.807) is 11.8 Å². The second-order valence-corrected chi connectivity index (χ2v) is 7.27. The van der Waals surface area contributed by atoms with Crippen LogP contribution in [0.5, 0.6) is 0 Å². The van der Waals surface area contributed by atoms with E-state index >= 15 is 0 Å². The number of thioether (sulfide) groups is 1. The van der Waals surface area contributed by atoms with Gasteiger partial charge in [0.1, 0.15) is 0 Å². The standard InChI is InChI=1S/C19H23NOS/c1-13-9-8-10-14(2)18(13)20-19(21)16(4)22-15(3)17-11-6-5-7-12-17/h5-12,15-16H,1-4H3,(H,20,21). The average molecular weight is 313 g/mol. The van der Waals surface area contributed by atoms with Gasteiger partial charge in [-0.1, -0.05) is 48.5 Å². The second-order valence-electron chi connectivity index (χ2n) is 5.59. The second kappa shape index (κ2) is 7.50. The summed E-state index contributed by atoms with van der Waals surface area (Å²) in [6.07, 6.45) is 0. The van der Waals surface area contributed by atoms with E-state index in [1.807, 2.05) is 57.2 Å². The molecule has 116 valence electrons. The fraction of sp³-hybridized carbons (Fsp3) is 0.316. The predicted molar refractivity (Wildman–Crippen MR) is 96.5 cm³/mol. The summed E-state index contributed by atoms with van der Waals surface area (Å²) in [7, 11) is 0. The minimum absolute atomic E-state index is 0.0604. The van der Waals surface area contributed by atoms with Gasteiger partial charge < -0.3 is 5.32 Å². The highest BCUT2D eigenvalue weighted by atomic mass is 32.2. The topological polar surface area (TPSA) is 29.1 Å². The van der Waals surface area contributed by atoms with Crippen LogP contribution in [-0.4, -0.2) is 11.2 Å². The number of benzene rings is 2. The fourth-order valence-corrected chi connectivity index (χ4v) is 3.52. The SMILES string of the molecule is Cc1cccc(C)c1NC(=O)C(C)SC(C)c1ccccc1. The van der Waals surface area contributed by atoms with Crippen molar-refractivity contribution in [2.24, 2.45) is 0 Å². The number of carbonyl (C=O) groups is 1. The van der Waals surface area contributed by atoms with Crippen molar-refractivity contribution >= 4 is 23.4 Å². The average Bonchev–Trinajstić information content (AvgIpc) is 2.51. The van der Waals surface area contributed by atoms with Gasteiger partial charge in [-0.15, -0.1) is 11.8 Å². The molecule has 0 saturated heterocycles. The summed E-state index contributed by atoms with van der Waals surface area (Å²) < 4.78 is 0. The highest BCUT2D eigenvalue weighted by molar-refractivity contribution is 8.00. The van der Waals surface area contributed by atoms with Crippen molar-refractivity contribution in [3.63, 3.8) is 0 Å². The van der Waals surface area contributed by atoms with Gasteiger partial charge in [-0.25, -0.2) is 0 Å². The van der Waals surface area contributed by atoms with Gasteiger partial charge in [0.25, 0.3) is 0 Å². The van der Waals surface area contributed by atoms with Crippen molar-refractivity contribution in [3.05, 3.63) is 65.2 Å². The van der Waals surface area contributed by atoms with Gasteiger partial charge in [0.2, 0.25) is 5.91 Å². The molecule has 1 amide bonds. The first-order valence-electron chi connectivity index (χ1n) is 7.56. The lowest BCUT2D eigenvalue weighted by Gasteiger charge is -2.19. The van der Waals surface area contributed by atoms with Crippen LogP contribution in [0.3, 0.4) is 0 Å². The molecule has 2 unspecified atom stereocenters. The predicted octanol–water partition coefficient (Wildman–Crippen LogP) is 5.12. The third-order valence-electron chi connectivity index (χ3n) is 3.78. The van der Waals surface area contributed by atoms with Crippen molar-refractivity contribution in [2.75, 3.05) is 5.32 Å². The van der Waals surface area contributed by atoms with Crippen LogP contribution in [0.2, 0.25) is 0 Å². The van der Waals surface area contributed by atoms with E-state index in [1.165, 1.54) is 5.56 Å². The fourth-order valence-electron chi connectivity index (χ4n) is 2.41. The Hall–Kier alpha value is -1.74. The maximum Gasteiger partial charge on any atom is 0.237 e. The highest BCUT2D eigenvalue weighted by Crippen LogP contribution is 2.32. The van der Waals surface area contributed by atoms with Crippen LogP contribution < -0.4 is 5.32 Å². The van der Waals surface area contributed by atoms with Crippen LogP contribution in [-0.2, 0) is 4.79 Å². The summed E-state index contributed by atoms with van der Waals surface area (Å²) in [5.74, 6) is 0.0604. The van der Waals surface area contributed by atoms with Crippen LogP contribution in [0.4, 0.5) is 5.69 Å². The van der Waals surface area contributed by atoms with Crippen LogP contribution >= 0.6 is 11.8 Å². The molecule has 2 aromatic rings. The molecule has 3 heteroatoms. The molecule has 0 bridgehead atoms. The molecule has 0 aliphatic rings. The molecule has 0 aliphatic carbocycles. The number of hydrogen-bond donors (Lipinski definition) is 1. The third kappa shape index (κ3) is 4.14. The molecule has 2 atom stereocenters. The van der Waals surface area contributed by atoms with E-state index in [4.69, 9.17) is 0 Å². The number of aryl methyl sites for hydroxylation is 2. The molecule has 2 nitrogen and oxygen atoms in total. The van der Waals surface area contributed by atoms with E-state index < -0.39 is 0 Å². The Morgan fingerprint density at radius 3 is 2.14 bits per heavy atom. The van der Waals surface area contributed by atoms with Gasteiger partial charge in [-0.3, -0.25) is 4.79 Å². The Morgan fingerprint density at radius 1 is 0.955 bits per heavy atom. The van der Waals surface area contributed by atoms with Crippen LogP contribution in [0.15, 0.2) is 48.5 Å². The van der Waals surface area contributed by atoms with Crippen LogP contribution in [0, 0.1) is 13.8 Å². The Balaban J connectivity index is 2.01. The first-order valence-corrected chi connectivity index (χ1v) is 8.51. The molecule has 0 saturated carbocycles. The molecule has 0 aromatic heterocycles. The summed E-state index contributed by atoms with van der Waals surface area (Å²) in [6, 6.07) is 16.3. The van der Waals surface area contributed by atoms with Gasteiger partial charge in [0.15, 0.2) is 0 Å². The van der Waals surface area contributed by atoms with Gasteiger partial charge >= 0.3 is 0 Å². The smallest absolute Gasteiger partial charge is 0.237 e. The zero-order valence-electron chi connectivity index (χ0n) is 13.6. The highest BCUT2D eigenvalue weighted by Gasteiger charge is 2.19. The third-order valence-corrected chi connectivity index (χ3v) is 5.08. The zero-order chi connectivity index (χ0) is 16.1. The summed E-state index contributed by atoms with van der Waals surface area (Å²) in [5, 5.41) is 3.26. The molecule has 0 radical (unpaired) electrons. The summed E-state index contributed by atoms with van der Waals surface area (Å²) in [4.78, 5) is 12.5. The van der Waals surface area contributed by atoms with E-state index in [2.05, 4.69) is 24.4 Å². The maximum atomic E-state index is 12.5. The molecule has 0 spiro atoms. The largest absolute Gasteiger partial charge is 0.325 e. The molecule has 1 N–H and O–H groups in total. The van der Waals surface area contributed by atoms with Crippen molar-refractivity contribution in [1.82, 2.24) is 0 Å². The number of carbonyl (C=O) groups excluding carboxylic acids is 1. The van der Waals surface area contributed by atoms with E-state index in [0.29, 0.717) is 5.25 Å². The van der Waals surface area contributed by atoms with Crippen molar-refractivity contribution in [3.8, 4) is 0 Å². The molecule has 2 aromatic carbocycles. The van der Waals surface area contributed by atoms with Crippen molar-refractivity contribution < 1.29 is 4.79 Å². The van der Waals surface area contributed by atoms with Crippen LogP contribution in [0.1, 0.15) is 35.8 Å². The minimum atomic E-state index is -0.103. The number of nitrogens with one attached hydrogen (secondary N) is 1. The Morgan fingerprint density at radius 2 is 1.55 bits per heavy atom. The molecular weight excluding hydrogens is 290 g/mol. The van der Waals surface area contributed by atoms with Crippen molar-refractivity contribution in [1.29, 1.82) is 0 Å². The Kier molecular flexibility index (Phi) is 5.67. The number of rotatable bonds is 5. The lowest BCUT2D eigenvalue weighted by atomic mass is 10.1. The quantitative estimate of drug-likeness (QED) is 0.829. The number of amides is 1. The Labute approximate surface area is 137 Å². The maximum absolute atomic E-state index is 12.5. The summed E-state index contributed by atoms with van der Waals surface area (Å²) in [5.41, 5.74) is 4.38. The monoisotopic (exact) mass is 313 g/mol. The summed E-state index contributed by atoms with van der Waals surface area (Å²) in [6.45, 7) is 8.15. The van der Waals surface area contributed by atoms with E-state index in [9.17, 15) is 4.79 Å². The van der Waals surface area contributed by atoms with Crippen molar-refractivity contribution in [2.45, 2.75) is 38.2 Å². The number of hydrogen-bond acceptors (Lipinski definition) is 2. The minimum Gasteiger partial charge on any atom is -0.325 e. The number of anilines is 1. The van der Waals surface area contributed by atoms with Gasteiger partial charge in [0, 0.05) is 10.9 Å². The Bertz CT molecular complexity index is 619.